The summed E-state index contributed by atoms with van der Waals surface area (Å²) in [5.74, 6) is 0.288. The Morgan fingerprint density at radius 3 is 2.62 bits per heavy atom. The number of aromatic nitrogens is 6. The number of carbonyl (C=O) groups is 1. The lowest BCUT2D eigenvalue weighted by atomic mass is 10.0. The van der Waals surface area contributed by atoms with E-state index in [9.17, 15) is 4.79 Å². The Kier molecular flexibility index (Phi) is 4.18. The van der Waals surface area contributed by atoms with Crippen molar-refractivity contribution >= 4 is 27.7 Å². The van der Waals surface area contributed by atoms with Gasteiger partial charge in [-0.1, -0.05) is 6.07 Å². The number of carbonyl (C=O) groups excluding carboxylic acids is 1. The number of ketones is 1. The molecule has 0 saturated heterocycles. The fourth-order valence-corrected chi connectivity index (χ4v) is 4.19. The predicted octanol–water partition coefficient (Wildman–Crippen LogP) is 5.07. The number of pyridine rings is 2. The molecular weight excluding hydrogens is 400 g/mol. The number of nitrogens with one attached hydrogen (secondary N) is 2. The van der Waals surface area contributed by atoms with E-state index in [0.29, 0.717) is 17.0 Å². The van der Waals surface area contributed by atoms with Crippen LogP contribution in [-0.2, 0) is 0 Å². The Morgan fingerprint density at radius 2 is 1.84 bits per heavy atom. The van der Waals surface area contributed by atoms with Gasteiger partial charge in [0.05, 0.1) is 33.9 Å². The summed E-state index contributed by atoms with van der Waals surface area (Å²) in [7, 11) is 0. The van der Waals surface area contributed by atoms with Crippen molar-refractivity contribution in [2.75, 3.05) is 0 Å². The molecule has 2 N–H and O–H groups in total. The topological polar surface area (TPSA) is 100 Å². The van der Waals surface area contributed by atoms with Gasteiger partial charge in [-0.15, -0.1) is 0 Å². The van der Waals surface area contributed by atoms with Crippen molar-refractivity contribution in [1.82, 2.24) is 30.1 Å². The van der Waals surface area contributed by atoms with Gasteiger partial charge in [0, 0.05) is 34.5 Å². The third kappa shape index (κ3) is 3.17. The van der Waals surface area contributed by atoms with Crippen molar-refractivity contribution < 1.29 is 4.79 Å². The third-order valence-corrected chi connectivity index (χ3v) is 6.19. The average molecular weight is 422 g/mol. The Labute approximate surface area is 184 Å². The van der Waals surface area contributed by atoms with Crippen LogP contribution in [0.1, 0.15) is 59.3 Å². The van der Waals surface area contributed by atoms with Crippen molar-refractivity contribution in [1.29, 1.82) is 0 Å². The fourth-order valence-electron chi connectivity index (χ4n) is 4.19. The summed E-state index contributed by atoms with van der Waals surface area (Å²) in [5.41, 5.74) is 7.15. The molecule has 32 heavy (non-hydrogen) atoms. The Morgan fingerprint density at radius 1 is 1.03 bits per heavy atom. The van der Waals surface area contributed by atoms with Crippen LogP contribution in [0.4, 0.5) is 0 Å². The van der Waals surface area contributed by atoms with Crippen molar-refractivity contribution in [3.8, 4) is 11.3 Å². The maximum absolute atomic E-state index is 13.1. The van der Waals surface area contributed by atoms with Crippen LogP contribution in [0.2, 0.25) is 0 Å². The SMILES string of the molecule is Cc1cccc([C@@H](C)C(=O)c2nc3cc4[nH][nH]c(-c5ccnc(C6CC6)c5)c4cc3n2)n1. The quantitative estimate of drug-likeness (QED) is 0.385. The predicted molar refractivity (Wildman–Crippen MR) is 123 cm³/mol. The number of imidazole rings is 1. The number of hydrogen-bond donors (Lipinski definition) is 2. The largest absolute Gasteiger partial charge is 0.300 e. The highest BCUT2D eigenvalue weighted by Crippen LogP contribution is 2.40. The summed E-state index contributed by atoms with van der Waals surface area (Å²) >= 11 is 0. The Balaban J connectivity index is 1.38. The molecule has 0 spiro atoms. The zero-order chi connectivity index (χ0) is 21.8. The maximum atomic E-state index is 13.1. The van der Waals surface area contributed by atoms with Crippen molar-refractivity contribution in [3.05, 3.63) is 71.6 Å². The van der Waals surface area contributed by atoms with E-state index in [4.69, 9.17) is 0 Å². The number of nitrogens with zero attached hydrogens (tertiary/aromatic N) is 4. The van der Waals surface area contributed by atoms with Gasteiger partial charge in [0.15, 0.2) is 5.82 Å². The van der Waals surface area contributed by atoms with Crippen LogP contribution in [0.5, 0.6) is 0 Å². The number of aromatic amines is 2. The fraction of sp³-hybridized carbons (Fsp3) is 0.240. The second-order valence-corrected chi connectivity index (χ2v) is 8.59. The van der Waals surface area contributed by atoms with E-state index in [-0.39, 0.29) is 11.6 Å². The number of aryl methyl sites for hydroxylation is 1. The number of benzene rings is 1. The summed E-state index contributed by atoms with van der Waals surface area (Å²) in [6, 6.07) is 13.8. The highest BCUT2D eigenvalue weighted by molar-refractivity contribution is 6.04. The number of rotatable bonds is 5. The van der Waals surface area contributed by atoms with E-state index >= 15 is 0 Å². The summed E-state index contributed by atoms with van der Waals surface area (Å²) in [5, 5.41) is 7.52. The van der Waals surface area contributed by atoms with Gasteiger partial charge < -0.3 is 5.10 Å². The first-order chi connectivity index (χ1) is 15.6. The lowest BCUT2D eigenvalue weighted by molar-refractivity contribution is 0.0955. The van der Waals surface area contributed by atoms with Gasteiger partial charge in [0.2, 0.25) is 5.78 Å². The van der Waals surface area contributed by atoms with Crippen LogP contribution in [0, 0.1) is 6.92 Å². The van der Waals surface area contributed by atoms with Gasteiger partial charge in [-0.05, 0) is 63.1 Å². The second-order valence-electron chi connectivity index (χ2n) is 8.59. The number of H-pyrrole nitrogens is 2. The highest BCUT2D eigenvalue weighted by atomic mass is 16.1. The van der Waals surface area contributed by atoms with E-state index in [1.165, 1.54) is 12.8 Å². The standard InChI is InChI=1S/C25H22N6O/c1-13-4-3-5-18(27-13)14(2)24(32)25-28-21-11-17-20(12-22(21)29-25)30-31-23(17)16-8-9-26-19(10-16)15-6-7-15/h3-5,8-12,14-15,30-31H,6-7H2,1-2H3/t14-/m1/s1. The van der Waals surface area contributed by atoms with E-state index < -0.39 is 5.92 Å². The van der Waals surface area contributed by atoms with Gasteiger partial charge >= 0.3 is 0 Å². The first-order valence-corrected chi connectivity index (χ1v) is 10.9. The number of Topliss-reactive ketones (excluding diaryl/α,β-unsaturated/α-hetero) is 1. The van der Waals surface area contributed by atoms with E-state index in [1.54, 1.807) is 0 Å². The van der Waals surface area contributed by atoms with Gasteiger partial charge in [0.25, 0.3) is 0 Å². The second kappa shape index (κ2) is 7.09. The van der Waals surface area contributed by atoms with Gasteiger partial charge in [-0.3, -0.25) is 19.9 Å². The first kappa shape index (κ1) is 18.9. The van der Waals surface area contributed by atoms with Crippen LogP contribution < -0.4 is 0 Å². The van der Waals surface area contributed by atoms with Crippen LogP contribution in [0.15, 0.2) is 48.7 Å². The van der Waals surface area contributed by atoms with Crippen LogP contribution >= 0.6 is 0 Å². The normalized spacial score (nSPS) is 14.8. The molecule has 6 rings (SSSR count). The molecule has 0 bridgehead atoms. The molecule has 4 heterocycles. The monoisotopic (exact) mass is 422 g/mol. The molecule has 7 nitrogen and oxygen atoms in total. The molecule has 1 atom stereocenters. The number of hydrogen-bond acceptors (Lipinski definition) is 5. The molecule has 0 radical (unpaired) electrons. The molecule has 1 aromatic carbocycles. The molecule has 4 aromatic heterocycles. The molecule has 1 fully saturated rings. The summed E-state index contributed by atoms with van der Waals surface area (Å²) in [6.07, 6.45) is 4.30. The molecule has 0 aliphatic heterocycles. The third-order valence-electron chi connectivity index (χ3n) is 6.19. The summed E-state index contributed by atoms with van der Waals surface area (Å²) in [4.78, 5) is 31.2. The van der Waals surface area contributed by atoms with Crippen molar-refractivity contribution in [2.45, 2.75) is 38.5 Å². The molecule has 7 heteroatoms. The minimum Gasteiger partial charge on any atom is -0.300 e. The first-order valence-electron chi connectivity index (χ1n) is 10.9. The lowest BCUT2D eigenvalue weighted by Gasteiger charge is -2.08. The van der Waals surface area contributed by atoms with Crippen LogP contribution in [0.3, 0.4) is 0 Å². The van der Waals surface area contributed by atoms with Gasteiger partial charge in [-0.25, -0.2) is 9.97 Å². The average Bonchev–Trinajstić information content (AvgIpc) is 3.46. The number of fused-ring (bicyclic) bond motifs is 2. The zero-order valence-corrected chi connectivity index (χ0v) is 17.9. The van der Waals surface area contributed by atoms with E-state index in [2.05, 4.69) is 36.2 Å². The molecule has 158 valence electrons. The Bertz CT molecular complexity index is 1490. The van der Waals surface area contributed by atoms with Crippen LogP contribution in [0.25, 0.3) is 33.2 Å². The molecule has 1 saturated carbocycles. The van der Waals surface area contributed by atoms with Gasteiger partial charge in [-0.2, -0.15) is 0 Å². The molecular formula is C25H22N6O. The van der Waals surface area contributed by atoms with Crippen molar-refractivity contribution in [3.63, 3.8) is 0 Å². The van der Waals surface area contributed by atoms with Crippen molar-refractivity contribution in [2.24, 2.45) is 0 Å². The minimum atomic E-state index is -0.405. The minimum absolute atomic E-state index is 0.127. The molecule has 1 aliphatic carbocycles. The van der Waals surface area contributed by atoms with E-state index in [1.807, 2.05) is 56.4 Å². The molecule has 0 amide bonds. The molecule has 5 aromatic rings. The van der Waals surface area contributed by atoms with Gasteiger partial charge in [0.1, 0.15) is 0 Å². The lowest BCUT2D eigenvalue weighted by Crippen LogP contribution is -2.13. The zero-order valence-electron chi connectivity index (χ0n) is 17.9. The molecule has 0 unspecified atom stereocenters. The summed E-state index contributed by atoms with van der Waals surface area (Å²) in [6.45, 7) is 3.77. The smallest absolute Gasteiger partial charge is 0.208 e. The summed E-state index contributed by atoms with van der Waals surface area (Å²) < 4.78 is 0. The molecule has 1 aliphatic rings. The van der Waals surface area contributed by atoms with E-state index in [0.717, 1.165) is 39.2 Å². The Hall–Kier alpha value is -3.87. The van der Waals surface area contributed by atoms with Crippen LogP contribution in [-0.4, -0.2) is 35.9 Å². The highest BCUT2D eigenvalue weighted by Gasteiger charge is 2.26. The maximum Gasteiger partial charge on any atom is 0.208 e.